The molecule has 13 aromatic rings. The summed E-state index contributed by atoms with van der Waals surface area (Å²) >= 11 is 0. The molecule has 0 atom stereocenters. The fraction of sp³-hybridized carbons (Fsp3) is 0.0345. The van der Waals surface area contributed by atoms with Crippen LogP contribution in [0.4, 0.5) is 0 Å². The molecule has 306 valence electrons. The van der Waals surface area contributed by atoms with Crippen LogP contribution >= 0.6 is 0 Å². The maximum Gasteiger partial charge on any atom is 0.146 e. The molecule has 1 aliphatic carbocycles. The first-order valence-corrected chi connectivity index (χ1v) is 21.9. The number of nitrogens with zero attached hydrogens (tertiary/aromatic N) is 3. The molecule has 0 saturated heterocycles. The third kappa shape index (κ3) is 5.49. The Morgan fingerprint density at radius 2 is 1.12 bits per heavy atom. The molecule has 5 aromatic heterocycles. The maximum atomic E-state index is 11.5. The van der Waals surface area contributed by atoms with Gasteiger partial charge in [0.2, 0.25) is 0 Å². The van der Waals surface area contributed by atoms with Crippen LogP contribution < -0.4 is 0 Å². The molecule has 0 spiro atoms. The van der Waals surface area contributed by atoms with Crippen molar-refractivity contribution in [1.29, 1.82) is 0 Å². The summed E-state index contributed by atoms with van der Waals surface area (Å²) in [6.07, 6.45) is 3.64. The van der Waals surface area contributed by atoms with E-state index in [2.05, 4.69) is 120 Å². The van der Waals surface area contributed by atoms with Crippen LogP contribution in [0, 0.1) is 0 Å². The lowest BCUT2D eigenvalue weighted by molar-refractivity contribution is 0.476. The van der Waals surface area contributed by atoms with Gasteiger partial charge in [-0.3, -0.25) is 4.57 Å². The van der Waals surface area contributed by atoms with Crippen molar-refractivity contribution in [2.24, 2.45) is 0 Å². The summed E-state index contributed by atoms with van der Waals surface area (Å²) in [5, 5.41) is 17.7. The van der Waals surface area contributed by atoms with Gasteiger partial charge in [-0.2, -0.15) is 0 Å². The third-order valence-electron chi connectivity index (χ3n) is 13.3. The van der Waals surface area contributed by atoms with E-state index in [0.717, 1.165) is 140 Å². The quantitative estimate of drug-likeness (QED) is 0.186. The van der Waals surface area contributed by atoms with Crippen LogP contribution in [-0.2, 0) is 12.8 Å². The highest BCUT2D eigenvalue weighted by atomic mass is 16.3. The van der Waals surface area contributed by atoms with Gasteiger partial charge in [0.15, 0.2) is 0 Å². The van der Waals surface area contributed by atoms with Gasteiger partial charge in [0, 0.05) is 55.7 Å². The Bertz CT molecular complexity index is 4090. The van der Waals surface area contributed by atoms with Crippen molar-refractivity contribution in [2.45, 2.75) is 12.8 Å². The number of imidazole rings is 1. The summed E-state index contributed by atoms with van der Waals surface area (Å²) in [6.45, 7) is 0. The Labute approximate surface area is 371 Å². The number of hydrogen-bond acceptors (Lipinski definition) is 6. The van der Waals surface area contributed by atoms with Gasteiger partial charge in [0.1, 0.15) is 50.8 Å². The highest BCUT2D eigenvalue weighted by molar-refractivity contribution is 6.13. The van der Waals surface area contributed by atoms with E-state index in [4.69, 9.17) is 23.2 Å². The molecule has 0 bridgehead atoms. The molecule has 0 saturated carbocycles. The number of pyridine rings is 1. The molecule has 1 N–H and O–H groups in total. The van der Waals surface area contributed by atoms with Crippen LogP contribution in [0.5, 0.6) is 5.75 Å². The maximum absolute atomic E-state index is 11.5. The van der Waals surface area contributed by atoms with Gasteiger partial charge < -0.3 is 18.4 Å². The number of phenols is 1. The number of aryl methyl sites for hydroxylation is 1. The molecule has 1 aliphatic rings. The molecule has 0 unspecified atom stereocenters. The summed E-state index contributed by atoms with van der Waals surface area (Å²) < 4.78 is 21.4. The number of phenolic OH excluding ortho intramolecular Hbond substituents is 1. The smallest absolute Gasteiger partial charge is 0.146 e. The lowest BCUT2D eigenvalue weighted by Gasteiger charge is -2.23. The SMILES string of the molecule is Oc1cccc2c1-c1nc(-c3cn(-c4ccc5c(c4)oc4ccccc45)c(-c4cccc5oc6ccc(-c7ccccc7)cc6c45)n3)cc(-c3ccc4oc5ccccc5c4c3)c1CC2. The van der Waals surface area contributed by atoms with Gasteiger partial charge in [0.25, 0.3) is 0 Å². The normalized spacial score (nSPS) is 12.6. The molecule has 5 heterocycles. The van der Waals surface area contributed by atoms with Crippen LogP contribution in [-0.4, -0.2) is 19.6 Å². The summed E-state index contributed by atoms with van der Waals surface area (Å²) in [4.78, 5) is 11.0. The Balaban J connectivity index is 1.03. The molecule has 65 heavy (non-hydrogen) atoms. The number of rotatable bonds is 5. The van der Waals surface area contributed by atoms with E-state index in [1.54, 1.807) is 6.07 Å². The van der Waals surface area contributed by atoms with Crippen LogP contribution in [0.3, 0.4) is 0 Å². The number of aromatic nitrogens is 3. The summed E-state index contributed by atoms with van der Waals surface area (Å²) in [6, 6.07) is 60.0. The topological polar surface area (TPSA) is 90.4 Å². The first-order chi connectivity index (χ1) is 32.1. The predicted octanol–water partition coefficient (Wildman–Crippen LogP) is 15.1. The molecule has 0 aliphatic heterocycles. The van der Waals surface area contributed by atoms with Gasteiger partial charge >= 0.3 is 0 Å². The van der Waals surface area contributed by atoms with Gasteiger partial charge in [-0.25, -0.2) is 9.97 Å². The van der Waals surface area contributed by atoms with Crippen molar-refractivity contribution in [3.8, 4) is 67.7 Å². The number of fused-ring (bicyclic) bond motifs is 12. The van der Waals surface area contributed by atoms with E-state index >= 15 is 0 Å². The second-order valence-corrected chi connectivity index (χ2v) is 17.0. The summed E-state index contributed by atoms with van der Waals surface area (Å²) in [5.74, 6) is 0.943. The van der Waals surface area contributed by atoms with Gasteiger partial charge in [0.05, 0.1) is 17.1 Å². The van der Waals surface area contributed by atoms with Crippen molar-refractivity contribution in [3.63, 3.8) is 0 Å². The monoisotopic (exact) mass is 837 g/mol. The number of benzene rings is 8. The fourth-order valence-corrected chi connectivity index (χ4v) is 10.2. The summed E-state index contributed by atoms with van der Waals surface area (Å²) in [5.41, 5.74) is 16.1. The standard InChI is InChI=1S/C58H35N3O4/c62-48-16-8-12-34-20-24-41-43(36-22-27-51-44(29-36)39-14-5-7-18-50(39)63-51)31-46(59-57(41)55(34)48)47-32-61(37-23-25-40-38-13-4-6-17-49(38)65-54(40)30-37)58(60-47)42-15-9-19-53-56(42)45-28-35(21-26-52(45)64-53)33-10-2-1-3-11-33/h1-19,21-23,25-32,62H,20,24H2. The van der Waals surface area contributed by atoms with Gasteiger partial charge in [-0.15, -0.1) is 0 Å². The number of aromatic hydroxyl groups is 1. The molecule has 8 aromatic carbocycles. The molecule has 0 amide bonds. The van der Waals surface area contributed by atoms with E-state index in [0.29, 0.717) is 11.4 Å². The minimum atomic E-state index is 0.217. The zero-order chi connectivity index (χ0) is 42.8. The Kier molecular flexibility index (Phi) is 7.54. The van der Waals surface area contributed by atoms with Crippen molar-refractivity contribution in [3.05, 3.63) is 193 Å². The minimum Gasteiger partial charge on any atom is -0.507 e. The van der Waals surface area contributed by atoms with Crippen LogP contribution in [0.1, 0.15) is 11.1 Å². The van der Waals surface area contributed by atoms with Gasteiger partial charge in [-0.1, -0.05) is 103 Å². The highest BCUT2D eigenvalue weighted by Crippen LogP contribution is 2.46. The lowest BCUT2D eigenvalue weighted by atomic mass is 9.84. The molecule has 14 rings (SSSR count). The number of hydrogen-bond donors (Lipinski definition) is 1. The molecular formula is C58H35N3O4. The Morgan fingerprint density at radius 3 is 1.98 bits per heavy atom. The van der Waals surface area contributed by atoms with E-state index in [1.165, 1.54) is 0 Å². The van der Waals surface area contributed by atoms with Crippen molar-refractivity contribution in [2.75, 3.05) is 0 Å². The van der Waals surface area contributed by atoms with Crippen molar-refractivity contribution >= 4 is 65.8 Å². The largest absolute Gasteiger partial charge is 0.507 e. The minimum absolute atomic E-state index is 0.217. The predicted molar refractivity (Wildman–Crippen MR) is 259 cm³/mol. The van der Waals surface area contributed by atoms with Gasteiger partial charge in [-0.05, 0) is 113 Å². The van der Waals surface area contributed by atoms with E-state index < -0.39 is 0 Å². The Morgan fingerprint density at radius 1 is 0.446 bits per heavy atom. The van der Waals surface area contributed by atoms with Crippen molar-refractivity contribution < 1.29 is 18.4 Å². The average molecular weight is 838 g/mol. The lowest BCUT2D eigenvalue weighted by Crippen LogP contribution is -2.09. The zero-order valence-electron chi connectivity index (χ0n) is 34.7. The van der Waals surface area contributed by atoms with E-state index in [1.807, 2.05) is 60.7 Å². The molecule has 0 fully saturated rings. The third-order valence-corrected chi connectivity index (χ3v) is 13.3. The second-order valence-electron chi connectivity index (χ2n) is 17.0. The Hall–Kier alpha value is -8.68. The molecule has 0 radical (unpaired) electrons. The van der Waals surface area contributed by atoms with Crippen molar-refractivity contribution in [1.82, 2.24) is 14.5 Å². The van der Waals surface area contributed by atoms with E-state index in [9.17, 15) is 5.11 Å². The van der Waals surface area contributed by atoms with E-state index in [-0.39, 0.29) is 5.75 Å². The first-order valence-electron chi connectivity index (χ1n) is 21.9. The fourth-order valence-electron chi connectivity index (χ4n) is 10.2. The second kappa shape index (κ2) is 13.7. The number of furan rings is 3. The van der Waals surface area contributed by atoms with Crippen LogP contribution in [0.25, 0.3) is 128 Å². The van der Waals surface area contributed by atoms with Crippen LogP contribution in [0.15, 0.2) is 195 Å². The summed E-state index contributed by atoms with van der Waals surface area (Å²) in [7, 11) is 0. The molecule has 7 heteroatoms. The molecular weight excluding hydrogens is 803 g/mol. The first kappa shape index (κ1) is 35.9. The zero-order valence-corrected chi connectivity index (χ0v) is 34.7. The van der Waals surface area contributed by atoms with Crippen LogP contribution in [0.2, 0.25) is 0 Å². The number of para-hydroxylation sites is 2. The molecule has 7 nitrogen and oxygen atoms in total. The average Bonchev–Trinajstić information content (AvgIpc) is 4.15. The highest BCUT2D eigenvalue weighted by Gasteiger charge is 2.27.